The minimum atomic E-state index is -1.08. The molecule has 5 heterocycles. The molecule has 2 saturated heterocycles. The molecule has 166 valence electrons. The van der Waals surface area contributed by atoms with E-state index in [1.165, 1.54) is 6.33 Å². The number of aryl methyl sites for hydroxylation is 1. The Balaban J connectivity index is 1.29. The maximum absolute atomic E-state index is 10.7. The normalized spacial score (nSPS) is 28.5. The van der Waals surface area contributed by atoms with E-state index in [1.807, 2.05) is 12.3 Å². The molecule has 12 heteroatoms. The molecule has 3 aromatic rings. The summed E-state index contributed by atoms with van der Waals surface area (Å²) in [4.78, 5) is 17.5. The highest BCUT2D eigenvalue weighted by molar-refractivity contribution is 7.98. The number of fused-ring (bicyclic) bond motifs is 1. The van der Waals surface area contributed by atoms with E-state index >= 15 is 0 Å². The monoisotopic (exact) mass is 464 g/mol. The van der Waals surface area contributed by atoms with Crippen molar-refractivity contribution in [3.8, 4) is 0 Å². The molecule has 5 atom stereocenters. The number of nitrogens with zero attached hydrogens (tertiary/aromatic N) is 5. The molecule has 1 unspecified atom stereocenters. The Bertz CT molecular complexity index is 1040. The minimum absolute atomic E-state index is 0.182. The molecule has 0 bridgehead atoms. The van der Waals surface area contributed by atoms with Crippen molar-refractivity contribution in [2.75, 3.05) is 24.3 Å². The average Bonchev–Trinajstić information content (AvgIpc) is 3.54. The highest BCUT2D eigenvalue weighted by atomic mass is 32.2. The molecule has 0 aromatic carbocycles. The van der Waals surface area contributed by atoms with Crippen LogP contribution in [0.15, 0.2) is 18.0 Å². The lowest BCUT2D eigenvalue weighted by atomic mass is 10.1. The third-order valence-corrected chi connectivity index (χ3v) is 7.33. The van der Waals surface area contributed by atoms with Crippen LogP contribution in [0.25, 0.3) is 11.2 Å². The molecule has 5 rings (SSSR count). The van der Waals surface area contributed by atoms with Crippen LogP contribution in [0.1, 0.15) is 23.4 Å². The van der Waals surface area contributed by atoms with E-state index in [-0.39, 0.29) is 6.04 Å². The van der Waals surface area contributed by atoms with Gasteiger partial charge in [0.25, 0.3) is 0 Å². The second-order valence-corrected chi connectivity index (χ2v) is 9.76. The summed E-state index contributed by atoms with van der Waals surface area (Å²) in [7, 11) is 0. The van der Waals surface area contributed by atoms with Gasteiger partial charge >= 0.3 is 0 Å². The lowest BCUT2D eigenvalue weighted by Crippen LogP contribution is -2.32. The van der Waals surface area contributed by atoms with Gasteiger partial charge in [-0.1, -0.05) is 0 Å². The van der Waals surface area contributed by atoms with Crippen LogP contribution in [0.2, 0.25) is 0 Å². The number of rotatable bonds is 7. The van der Waals surface area contributed by atoms with Crippen molar-refractivity contribution in [1.29, 1.82) is 0 Å². The summed E-state index contributed by atoms with van der Waals surface area (Å²) in [6, 6.07) is 0.182. The Morgan fingerprint density at radius 3 is 2.97 bits per heavy atom. The van der Waals surface area contributed by atoms with Gasteiger partial charge in [-0.2, -0.15) is 11.8 Å². The summed E-state index contributed by atoms with van der Waals surface area (Å²) in [5.74, 6) is 1.90. The molecule has 0 amide bonds. The second-order valence-electron chi connectivity index (χ2n) is 7.67. The molecule has 2 fully saturated rings. The first-order valence-electron chi connectivity index (χ1n) is 10.1. The fourth-order valence-electron chi connectivity index (χ4n) is 3.84. The number of aliphatic hydroxyl groups excluding tert-OH is 2. The standard InChI is InChI=1S/C19H24N6O4S2/c1-10-23-12(6-31-10)5-30-7-13-15(26)16(27)19(29-13)25-9-22-14-17(20-8-21-18(14)25)24-11-2-3-28-4-11/h6,8-9,11,13,15-16,19,26-27H,2-5,7H2,1H3,(H,20,21,24)/t11?,13-,15-,16-,19+/m0/s1. The first-order valence-corrected chi connectivity index (χ1v) is 12.2. The zero-order valence-corrected chi connectivity index (χ0v) is 18.6. The number of imidazole rings is 1. The Morgan fingerprint density at radius 2 is 2.19 bits per heavy atom. The van der Waals surface area contributed by atoms with Gasteiger partial charge in [0.1, 0.15) is 18.5 Å². The Labute approximate surface area is 187 Å². The Kier molecular flexibility index (Phi) is 6.08. The summed E-state index contributed by atoms with van der Waals surface area (Å²) >= 11 is 3.24. The molecule has 31 heavy (non-hydrogen) atoms. The van der Waals surface area contributed by atoms with Gasteiger partial charge in [0, 0.05) is 23.5 Å². The molecule has 0 aliphatic carbocycles. The smallest absolute Gasteiger partial charge is 0.167 e. The van der Waals surface area contributed by atoms with E-state index in [1.54, 1.807) is 34.0 Å². The van der Waals surface area contributed by atoms with Crippen LogP contribution in [0.5, 0.6) is 0 Å². The van der Waals surface area contributed by atoms with Gasteiger partial charge in [0.15, 0.2) is 23.2 Å². The van der Waals surface area contributed by atoms with Crippen LogP contribution in [-0.4, -0.2) is 78.0 Å². The average molecular weight is 465 g/mol. The van der Waals surface area contributed by atoms with Gasteiger partial charge < -0.3 is 25.0 Å². The van der Waals surface area contributed by atoms with Crippen LogP contribution in [0.4, 0.5) is 5.82 Å². The molecule has 0 radical (unpaired) electrons. The number of ether oxygens (including phenoxy) is 2. The third kappa shape index (κ3) is 4.28. The first kappa shape index (κ1) is 21.0. The second kappa shape index (κ2) is 8.96. The van der Waals surface area contributed by atoms with Gasteiger partial charge in [0.05, 0.1) is 35.8 Å². The van der Waals surface area contributed by atoms with Gasteiger partial charge in [-0.25, -0.2) is 19.9 Å². The van der Waals surface area contributed by atoms with Gasteiger partial charge in [-0.15, -0.1) is 11.3 Å². The van der Waals surface area contributed by atoms with E-state index in [2.05, 4.69) is 25.3 Å². The van der Waals surface area contributed by atoms with Gasteiger partial charge in [-0.3, -0.25) is 4.57 Å². The molecule has 0 saturated carbocycles. The van der Waals surface area contributed by atoms with Crippen molar-refractivity contribution in [2.24, 2.45) is 0 Å². The highest BCUT2D eigenvalue weighted by Crippen LogP contribution is 2.34. The molecule has 2 aliphatic heterocycles. The fourth-order valence-corrected chi connectivity index (χ4v) is 5.54. The lowest BCUT2D eigenvalue weighted by Gasteiger charge is -2.17. The highest BCUT2D eigenvalue weighted by Gasteiger charge is 2.44. The number of hydrogen-bond donors (Lipinski definition) is 3. The van der Waals surface area contributed by atoms with Crippen molar-refractivity contribution < 1.29 is 19.7 Å². The summed E-state index contributed by atoms with van der Waals surface area (Å²) in [5.41, 5.74) is 2.15. The number of nitrogens with one attached hydrogen (secondary N) is 1. The number of thioether (sulfide) groups is 1. The number of anilines is 1. The van der Waals surface area contributed by atoms with E-state index < -0.39 is 24.5 Å². The Hall–Kier alpha value is -1.83. The molecule has 3 aromatic heterocycles. The molecular weight excluding hydrogens is 440 g/mol. The van der Waals surface area contributed by atoms with Crippen molar-refractivity contribution in [2.45, 2.75) is 49.7 Å². The maximum Gasteiger partial charge on any atom is 0.167 e. The fraction of sp³-hybridized carbons (Fsp3) is 0.579. The predicted octanol–water partition coefficient (Wildman–Crippen LogP) is 1.34. The largest absolute Gasteiger partial charge is 0.387 e. The number of aliphatic hydroxyl groups is 2. The quantitative estimate of drug-likeness (QED) is 0.471. The van der Waals surface area contributed by atoms with Crippen LogP contribution in [0.3, 0.4) is 0 Å². The number of hydrogen-bond acceptors (Lipinski definition) is 11. The Morgan fingerprint density at radius 1 is 1.29 bits per heavy atom. The maximum atomic E-state index is 10.7. The summed E-state index contributed by atoms with van der Waals surface area (Å²) in [6.45, 7) is 3.33. The summed E-state index contributed by atoms with van der Waals surface area (Å²) in [6.07, 6.45) is 0.579. The lowest BCUT2D eigenvalue weighted by molar-refractivity contribution is -0.0289. The van der Waals surface area contributed by atoms with Crippen molar-refractivity contribution >= 4 is 40.1 Å². The van der Waals surface area contributed by atoms with Gasteiger partial charge in [-0.05, 0) is 13.3 Å². The van der Waals surface area contributed by atoms with Gasteiger partial charge in [0.2, 0.25) is 0 Å². The number of thiazole rings is 1. The van der Waals surface area contributed by atoms with E-state index in [0.717, 1.165) is 29.5 Å². The zero-order valence-electron chi connectivity index (χ0n) is 16.9. The number of aromatic nitrogens is 5. The summed E-state index contributed by atoms with van der Waals surface area (Å²) in [5, 5.41) is 27.6. The molecular formula is C19H24N6O4S2. The first-order chi connectivity index (χ1) is 15.1. The van der Waals surface area contributed by atoms with E-state index in [0.29, 0.717) is 29.3 Å². The van der Waals surface area contributed by atoms with E-state index in [9.17, 15) is 10.2 Å². The van der Waals surface area contributed by atoms with Crippen molar-refractivity contribution in [3.63, 3.8) is 0 Å². The van der Waals surface area contributed by atoms with Crippen LogP contribution >= 0.6 is 23.1 Å². The third-order valence-electron chi connectivity index (χ3n) is 5.44. The van der Waals surface area contributed by atoms with Crippen LogP contribution in [-0.2, 0) is 15.2 Å². The predicted molar refractivity (Wildman–Crippen MR) is 117 cm³/mol. The SMILES string of the molecule is Cc1nc(CSC[C@@H]2O[C@@H](n3cnc4c(NC5CCOC5)ncnc43)[C@@H](O)[C@H]2O)cs1. The van der Waals surface area contributed by atoms with Crippen molar-refractivity contribution in [3.05, 3.63) is 28.7 Å². The molecule has 2 aliphatic rings. The summed E-state index contributed by atoms with van der Waals surface area (Å²) < 4.78 is 13.1. The zero-order chi connectivity index (χ0) is 21.4. The van der Waals surface area contributed by atoms with Crippen LogP contribution in [0, 0.1) is 6.92 Å². The van der Waals surface area contributed by atoms with Crippen LogP contribution < -0.4 is 5.32 Å². The van der Waals surface area contributed by atoms with E-state index in [4.69, 9.17) is 9.47 Å². The van der Waals surface area contributed by atoms with Crippen molar-refractivity contribution in [1.82, 2.24) is 24.5 Å². The molecule has 3 N–H and O–H groups in total. The topological polar surface area (TPSA) is 127 Å². The molecule has 0 spiro atoms. The minimum Gasteiger partial charge on any atom is -0.387 e. The molecule has 10 nitrogen and oxygen atoms in total.